The first-order chi connectivity index (χ1) is 18.3. The number of piperidine rings is 1. The van der Waals surface area contributed by atoms with Crippen LogP contribution in [0.2, 0.25) is 5.02 Å². The van der Waals surface area contributed by atoms with E-state index in [1.165, 1.54) is 33.6 Å². The van der Waals surface area contributed by atoms with E-state index in [2.05, 4.69) is 60.4 Å². The second-order valence-electron chi connectivity index (χ2n) is 10.3. The van der Waals surface area contributed by atoms with E-state index in [4.69, 9.17) is 11.6 Å². The molecule has 2 heterocycles. The van der Waals surface area contributed by atoms with Gasteiger partial charge < -0.3 is 4.90 Å². The fourth-order valence-electron chi connectivity index (χ4n) is 5.44. The summed E-state index contributed by atoms with van der Waals surface area (Å²) < 4.78 is 28.1. The molecule has 0 atom stereocenters. The van der Waals surface area contributed by atoms with Gasteiger partial charge in [0.2, 0.25) is 10.0 Å². The number of nitrogens with zero attached hydrogens (tertiary/aromatic N) is 3. The smallest absolute Gasteiger partial charge is 0.255 e. The number of carbonyl (C=O) groups is 1. The van der Waals surface area contributed by atoms with Crippen LogP contribution in [0, 0.1) is 5.92 Å². The summed E-state index contributed by atoms with van der Waals surface area (Å²) in [6.07, 6.45) is 1.69. The number of halogens is 1. The van der Waals surface area contributed by atoms with E-state index in [-0.39, 0.29) is 27.4 Å². The van der Waals surface area contributed by atoms with Gasteiger partial charge in [-0.2, -0.15) is 4.31 Å². The number of piperazine rings is 1. The Morgan fingerprint density at radius 1 is 0.816 bits per heavy atom. The van der Waals surface area contributed by atoms with Crippen LogP contribution in [0.4, 0.5) is 0 Å². The molecule has 200 valence electrons. The molecule has 5 rings (SSSR count). The van der Waals surface area contributed by atoms with E-state index in [1.807, 2.05) is 12.1 Å². The van der Waals surface area contributed by atoms with E-state index in [1.54, 1.807) is 4.90 Å². The molecule has 2 aliphatic rings. The van der Waals surface area contributed by atoms with E-state index < -0.39 is 10.0 Å². The van der Waals surface area contributed by atoms with Gasteiger partial charge in [-0.05, 0) is 48.1 Å². The Hall–Kier alpha value is -2.71. The van der Waals surface area contributed by atoms with Gasteiger partial charge in [-0.25, -0.2) is 8.42 Å². The highest BCUT2D eigenvalue weighted by molar-refractivity contribution is 7.89. The lowest BCUT2D eigenvalue weighted by molar-refractivity contribution is 0.0597. The first-order valence-electron chi connectivity index (χ1n) is 13.3. The Balaban J connectivity index is 1.32. The predicted molar refractivity (Wildman–Crippen MR) is 151 cm³/mol. The molecule has 0 spiro atoms. The molecule has 0 aliphatic carbocycles. The molecule has 0 radical (unpaired) electrons. The van der Waals surface area contributed by atoms with Crippen molar-refractivity contribution in [2.24, 2.45) is 5.92 Å². The van der Waals surface area contributed by atoms with Crippen LogP contribution in [0.3, 0.4) is 0 Å². The van der Waals surface area contributed by atoms with Gasteiger partial charge in [0.05, 0.1) is 21.5 Å². The number of rotatable bonds is 6. The Morgan fingerprint density at radius 2 is 1.37 bits per heavy atom. The lowest BCUT2D eigenvalue weighted by Crippen LogP contribution is -2.50. The maximum absolute atomic E-state index is 13.6. The maximum atomic E-state index is 13.6. The topological polar surface area (TPSA) is 60.9 Å². The van der Waals surface area contributed by atoms with E-state index in [0.717, 1.165) is 12.8 Å². The quantitative estimate of drug-likeness (QED) is 0.417. The Bertz CT molecular complexity index is 1310. The van der Waals surface area contributed by atoms with Crippen molar-refractivity contribution in [2.45, 2.75) is 30.7 Å². The van der Waals surface area contributed by atoms with Gasteiger partial charge >= 0.3 is 0 Å². The zero-order valence-corrected chi connectivity index (χ0v) is 23.2. The summed E-state index contributed by atoms with van der Waals surface area (Å²) in [6, 6.07) is 25.4. The van der Waals surface area contributed by atoms with Crippen molar-refractivity contribution in [3.63, 3.8) is 0 Å². The largest absolute Gasteiger partial charge is 0.336 e. The first kappa shape index (κ1) is 26.9. The minimum Gasteiger partial charge on any atom is -0.336 e. The molecule has 6 nitrogen and oxygen atoms in total. The monoisotopic (exact) mass is 551 g/mol. The number of benzene rings is 3. The van der Waals surface area contributed by atoms with E-state index >= 15 is 0 Å². The van der Waals surface area contributed by atoms with Crippen molar-refractivity contribution >= 4 is 27.5 Å². The fraction of sp³-hybridized carbons (Fsp3) is 0.367. The molecule has 0 saturated carbocycles. The van der Waals surface area contributed by atoms with Gasteiger partial charge in [0, 0.05) is 39.3 Å². The SMILES string of the molecule is CC1CCN(S(=O)(=O)c2ccc(Cl)c(C(=O)N3CCN(C(c4ccccc4)c4ccccc4)CC3)c2)CC1. The second-order valence-corrected chi connectivity index (χ2v) is 12.6. The van der Waals surface area contributed by atoms with Crippen molar-refractivity contribution in [3.05, 3.63) is 101 Å². The third kappa shape index (κ3) is 5.66. The molecule has 2 fully saturated rings. The number of hydrogen-bond donors (Lipinski definition) is 0. The van der Waals surface area contributed by atoms with Crippen LogP contribution in [0.15, 0.2) is 83.8 Å². The van der Waals surface area contributed by atoms with Crippen LogP contribution in [0.5, 0.6) is 0 Å². The van der Waals surface area contributed by atoms with Crippen LogP contribution < -0.4 is 0 Å². The number of amides is 1. The minimum absolute atomic E-state index is 0.0963. The molecule has 2 aliphatic heterocycles. The standard InChI is InChI=1S/C30H34ClN3O3S/c1-23-14-16-34(17-15-23)38(36,37)26-12-13-28(31)27(22-26)30(35)33-20-18-32(19-21-33)29(24-8-4-2-5-9-24)25-10-6-3-7-11-25/h2-13,22-23,29H,14-21H2,1H3. The van der Waals surface area contributed by atoms with Gasteiger partial charge in [0.1, 0.15) is 0 Å². The zero-order chi connectivity index (χ0) is 26.7. The summed E-state index contributed by atoms with van der Waals surface area (Å²) >= 11 is 6.44. The molecule has 3 aromatic carbocycles. The van der Waals surface area contributed by atoms with Crippen LogP contribution in [0.25, 0.3) is 0 Å². The van der Waals surface area contributed by atoms with Gasteiger partial charge in [-0.15, -0.1) is 0 Å². The molecule has 3 aromatic rings. The van der Waals surface area contributed by atoms with Gasteiger partial charge in [-0.1, -0.05) is 79.2 Å². The zero-order valence-electron chi connectivity index (χ0n) is 21.7. The summed E-state index contributed by atoms with van der Waals surface area (Å²) in [5.74, 6) is 0.292. The summed E-state index contributed by atoms with van der Waals surface area (Å²) in [5.41, 5.74) is 2.67. The van der Waals surface area contributed by atoms with Crippen LogP contribution in [-0.2, 0) is 10.0 Å². The highest BCUT2D eigenvalue weighted by atomic mass is 35.5. The van der Waals surface area contributed by atoms with Gasteiger partial charge in [0.25, 0.3) is 5.91 Å². The normalized spacial score (nSPS) is 18.1. The Morgan fingerprint density at radius 3 is 1.92 bits per heavy atom. The summed E-state index contributed by atoms with van der Waals surface area (Å²) in [6.45, 7) is 5.61. The average Bonchev–Trinajstić information content (AvgIpc) is 2.95. The van der Waals surface area contributed by atoms with E-state index in [9.17, 15) is 13.2 Å². The number of sulfonamides is 1. The molecule has 0 aromatic heterocycles. The van der Waals surface area contributed by atoms with Crippen LogP contribution in [-0.4, -0.2) is 67.7 Å². The first-order valence-corrected chi connectivity index (χ1v) is 15.1. The van der Waals surface area contributed by atoms with Gasteiger partial charge in [0.15, 0.2) is 0 Å². The molecule has 0 N–H and O–H groups in total. The molecule has 0 unspecified atom stereocenters. The minimum atomic E-state index is -3.67. The van der Waals surface area contributed by atoms with Crippen molar-refractivity contribution in [2.75, 3.05) is 39.3 Å². The fourth-order valence-corrected chi connectivity index (χ4v) is 7.14. The van der Waals surface area contributed by atoms with E-state index in [0.29, 0.717) is 45.2 Å². The second kappa shape index (κ2) is 11.6. The molecule has 1 amide bonds. The maximum Gasteiger partial charge on any atom is 0.255 e. The van der Waals surface area contributed by atoms with Crippen molar-refractivity contribution < 1.29 is 13.2 Å². The molecular weight excluding hydrogens is 518 g/mol. The number of hydrogen-bond acceptors (Lipinski definition) is 4. The lowest BCUT2D eigenvalue weighted by Gasteiger charge is -2.40. The Labute approximate surface area is 230 Å². The summed E-state index contributed by atoms with van der Waals surface area (Å²) in [4.78, 5) is 17.9. The summed E-state index contributed by atoms with van der Waals surface area (Å²) in [7, 11) is -3.67. The number of carbonyl (C=O) groups excluding carboxylic acids is 1. The van der Waals surface area contributed by atoms with Crippen LogP contribution >= 0.6 is 11.6 Å². The molecular formula is C30H34ClN3O3S. The third-order valence-electron chi connectivity index (χ3n) is 7.75. The summed E-state index contributed by atoms with van der Waals surface area (Å²) in [5, 5.41) is 0.273. The lowest BCUT2D eigenvalue weighted by atomic mass is 9.96. The molecule has 2 saturated heterocycles. The third-order valence-corrected chi connectivity index (χ3v) is 9.97. The average molecular weight is 552 g/mol. The highest BCUT2D eigenvalue weighted by Gasteiger charge is 2.32. The molecule has 0 bridgehead atoms. The molecule has 8 heteroatoms. The highest BCUT2D eigenvalue weighted by Crippen LogP contribution is 2.31. The van der Waals surface area contributed by atoms with Crippen molar-refractivity contribution in [1.29, 1.82) is 0 Å². The Kier molecular flexibility index (Phi) is 8.19. The predicted octanol–water partition coefficient (Wildman–Crippen LogP) is 5.31. The molecule has 38 heavy (non-hydrogen) atoms. The van der Waals surface area contributed by atoms with Crippen molar-refractivity contribution in [1.82, 2.24) is 14.1 Å². The van der Waals surface area contributed by atoms with Crippen LogP contribution in [0.1, 0.15) is 47.3 Å². The van der Waals surface area contributed by atoms with Gasteiger partial charge in [-0.3, -0.25) is 9.69 Å². The van der Waals surface area contributed by atoms with Crippen molar-refractivity contribution in [3.8, 4) is 0 Å².